The molecular weight excluding hydrogens is 276 g/mol. The van der Waals surface area contributed by atoms with Crippen LogP contribution in [0.1, 0.15) is 36.8 Å². The van der Waals surface area contributed by atoms with Gasteiger partial charge in [0.2, 0.25) is 5.91 Å². The number of carbonyl (C=O) groups is 1. The van der Waals surface area contributed by atoms with E-state index in [1.165, 1.54) is 11.1 Å². The summed E-state index contributed by atoms with van der Waals surface area (Å²) in [5, 5.41) is 9.08. The fourth-order valence-corrected chi connectivity index (χ4v) is 3.98. The number of aryl methyl sites for hydroxylation is 1. The van der Waals surface area contributed by atoms with Crippen LogP contribution >= 0.6 is 0 Å². The Morgan fingerprint density at radius 3 is 2.68 bits per heavy atom. The largest absolute Gasteiger partial charge is 0.395 e. The zero-order valence-corrected chi connectivity index (χ0v) is 13.4. The minimum absolute atomic E-state index is 0.0484. The minimum Gasteiger partial charge on any atom is -0.395 e. The Balaban J connectivity index is 1.73. The van der Waals surface area contributed by atoms with Gasteiger partial charge in [-0.25, -0.2) is 0 Å². The van der Waals surface area contributed by atoms with E-state index in [1.54, 1.807) is 0 Å². The molecule has 22 heavy (non-hydrogen) atoms. The molecule has 2 heterocycles. The molecule has 1 aromatic rings. The molecule has 0 unspecified atom stereocenters. The third kappa shape index (κ3) is 3.03. The maximum Gasteiger partial charge on any atom is 0.223 e. The van der Waals surface area contributed by atoms with Gasteiger partial charge >= 0.3 is 0 Å². The number of rotatable bonds is 4. The van der Waals surface area contributed by atoms with Crippen molar-refractivity contribution in [2.45, 2.75) is 44.7 Å². The number of β-amino-alcohol motifs (C(OH)–C–C–N with tert-alkyl or cyclic N) is 1. The van der Waals surface area contributed by atoms with Gasteiger partial charge in [0, 0.05) is 38.1 Å². The molecule has 0 radical (unpaired) electrons. The molecule has 1 spiro atoms. The Morgan fingerprint density at radius 2 is 2.00 bits per heavy atom. The summed E-state index contributed by atoms with van der Waals surface area (Å²) in [6, 6.07) is 8.47. The summed E-state index contributed by atoms with van der Waals surface area (Å²) in [6.07, 6.45) is 3.74. The van der Waals surface area contributed by atoms with Crippen molar-refractivity contribution >= 4 is 5.91 Å². The fraction of sp³-hybridized carbons (Fsp3) is 0.611. The van der Waals surface area contributed by atoms with E-state index in [9.17, 15) is 4.79 Å². The van der Waals surface area contributed by atoms with Crippen molar-refractivity contribution in [2.24, 2.45) is 0 Å². The maximum atomic E-state index is 12.4. The minimum atomic E-state index is 0.0484. The molecule has 1 amide bonds. The second kappa shape index (κ2) is 6.39. The second-order valence-corrected chi connectivity index (χ2v) is 6.76. The van der Waals surface area contributed by atoms with Gasteiger partial charge in [-0.2, -0.15) is 0 Å². The number of hydrogen-bond donors (Lipinski definition) is 1. The number of piperidine rings is 1. The molecular formula is C18H26N2O2. The smallest absolute Gasteiger partial charge is 0.223 e. The molecule has 0 aromatic heterocycles. The highest BCUT2D eigenvalue weighted by Gasteiger charge is 2.46. The molecule has 0 bridgehead atoms. The molecule has 2 aliphatic heterocycles. The molecule has 0 aliphatic carbocycles. The van der Waals surface area contributed by atoms with Crippen molar-refractivity contribution < 1.29 is 9.90 Å². The molecule has 2 fully saturated rings. The lowest BCUT2D eigenvalue weighted by molar-refractivity contribution is -0.133. The van der Waals surface area contributed by atoms with Crippen LogP contribution in [0.2, 0.25) is 0 Å². The standard InChI is InChI=1S/C18H26N2O2/c1-15-3-2-4-16(13-15)14-20-17(22)5-6-18(20)7-9-19(10-8-18)11-12-21/h2-4,13,21H,5-12,14H2,1H3. The zero-order chi connectivity index (χ0) is 15.6. The molecule has 120 valence electrons. The van der Waals surface area contributed by atoms with Gasteiger partial charge in [-0.05, 0) is 31.7 Å². The normalized spacial score (nSPS) is 21.7. The van der Waals surface area contributed by atoms with Crippen LogP contribution in [0, 0.1) is 6.92 Å². The molecule has 3 rings (SSSR count). The Morgan fingerprint density at radius 1 is 1.23 bits per heavy atom. The van der Waals surface area contributed by atoms with Gasteiger partial charge in [-0.1, -0.05) is 29.8 Å². The zero-order valence-electron chi connectivity index (χ0n) is 13.4. The number of carbonyl (C=O) groups excluding carboxylic acids is 1. The predicted molar refractivity (Wildman–Crippen MR) is 86.5 cm³/mol. The van der Waals surface area contributed by atoms with Crippen molar-refractivity contribution in [1.29, 1.82) is 0 Å². The third-order valence-electron chi connectivity index (χ3n) is 5.30. The van der Waals surface area contributed by atoms with Crippen LogP contribution in [-0.4, -0.2) is 52.6 Å². The number of aliphatic hydroxyl groups is 1. The van der Waals surface area contributed by atoms with Crippen molar-refractivity contribution in [3.05, 3.63) is 35.4 Å². The van der Waals surface area contributed by atoms with Gasteiger partial charge in [0.1, 0.15) is 0 Å². The molecule has 4 nitrogen and oxygen atoms in total. The third-order valence-corrected chi connectivity index (χ3v) is 5.30. The van der Waals surface area contributed by atoms with E-state index < -0.39 is 0 Å². The first-order valence-corrected chi connectivity index (χ1v) is 8.32. The number of likely N-dealkylation sites (tertiary alicyclic amines) is 2. The van der Waals surface area contributed by atoms with Crippen LogP contribution in [0.3, 0.4) is 0 Å². The highest BCUT2D eigenvalue weighted by Crippen LogP contribution is 2.40. The van der Waals surface area contributed by atoms with Crippen LogP contribution < -0.4 is 0 Å². The summed E-state index contributed by atoms with van der Waals surface area (Å²) in [5.41, 5.74) is 2.52. The van der Waals surface area contributed by atoms with Gasteiger partial charge in [0.05, 0.1) is 6.61 Å². The summed E-state index contributed by atoms with van der Waals surface area (Å²) >= 11 is 0. The van der Waals surface area contributed by atoms with Crippen molar-refractivity contribution in [3.63, 3.8) is 0 Å². The van der Waals surface area contributed by atoms with Gasteiger partial charge < -0.3 is 14.9 Å². The molecule has 0 saturated carbocycles. The topological polar surface area (TPSA) is 43.8 Å². The first kappa shape index (κ1) is 15.5. The number of hydrogen-bond acceptors (Lipinski definition) is 3. The summed E-state index contributed by atoms with van der Waals surface area (Å²) in [4.78, 5) is 16.9. The molecule has 1 N–H and O–H groups in total. The van der Waals surface area contributed by atoms with Gasteiger partial charge in [-0.3, -0.25) is 4.79 Å². The first-order valence-electron chi connectivity index (χ1n) is 8.32. The maximum absolute atomic E-state index is 12.4. The summed E-state index contributed by atoms with van der Waals surface area (Å²) in [6.45, 7) is 5.77. The van der Waals surface area contributed by atoms with Crippen LogP contribution in [0.4, 0.5) is 0 Å². The predicted octanol–water partition coefficient (Wildman–Crippen LogP) is 1.94. The van der Waals surface area contributed by atoms with Crippen LogP contribution in [0.15, 0.2) is 24.3 Å². The lowest BCUT2D eigenvalue weighted by Gasteiger charge is -2.45. The van der Waals surface area contributed by atoms with Gasteiger partial charge in [0.15, 0.2) is 0 Å². The highest BCUT2D eigenvalue weighted by atomic mass is 16.3. The van der Waals surface area contributed by atoms with Crippen molar-refractivity contribution in [1.82, 2.24) is 9.80 Å². The average Bonchev–Trinajstić information content (AvgIpc) is 2.80. The van der Waals surface area contributed by atoms with Gasteiger partial charge in [-0.15, -0.1) is 0 Å². The Bertz CT molecular complexity index is 536. The lowest BCUT2D eigenvalue weighted by atomic mass is 9.84. The van der Waals surface area contributed by atoms with Gasteiger partial charge in [0.25, 0.3) is 0 Å². The van der Waals surface area contributed by atoms with E-state index in [0.717, 1.165) is 45.4 Å². The fourth-order valence-electron chi connectivity index (χ4n) is 3.98. The highest BCUT2D eigenvalue weighted by molar-refractivity contribution is 5.79. The average molecular weight is 302 g/mol. The Hall–Kier alpha value is -1.39. The number of benzene rings is 1. The number of nitrogens with zero attached hydrogens (tertiary/aromatic N) is 2. The van der Waals surface area contributed by atoms with Crippen molar-refractivity contribution in [3.8, 4) is 0 Å². The number of aliphatic hydroxyl groups excluding tert-OH is 1. The molecule has 4 heteroatoms. The molecule has 2 saturated heterocycles. The summed E-state index contributed by atoms with van der Waals surface area (Å²) in [7, 11) is 0. The Labute approximate surface area is 132 Å². The van der Waals surface area contributed by atoms with E-state index in [-0.39, 0.29) is 12.1 Å². The van der Waals surface area contributed by atoms with E-state index >= 15 is 0 Å². The lowest BCUT2D eigenvalue weighted by Crippen LogP contribution is -2.53. The van der Waals surface area contributed by atoms with Crippen LogP contribution in [-0.2, 0) is 11.3 Å². The quantitative estimate of drug-likeness (QED) is 0.924. The van der Waals surface area contributed by atoms with Crippen molar-refractivity contribution in [2.75, 3.05) is 26.2 Å². The Kier molecular flexibility index (Phi) is 4.50. The molecule has 2 aliphatic rings. The van der Waals surface area contributed by atoms with Crippen LogP contribution in [0.5, 0.6) is 0 Å². The SMILES string of the molecule is Cc1cccc(CN2C(=O)CCC23CCN(CCO)CC3)c1. The molecule has 1 aromatic carbocycles. The first-order chi connectivity index (χ1) is 10.6. The summed E-state index contributed by atoms with van der Waals surface area (Å²) < 4.78 is 0. The van der Waals surface area contributed by atoms with Crippen LogP contribution in [0.25, 0.3) is 0 Å². The monoisotopic (exact) mass is 302 g/mol. The van der Waals surface area contributed by atoms with E-state index in [0.29, 0.717) is 12.3 Å². The van der Waals surface area contributed by atoms with E-state index in [1.807, 2.05) is 0 Å². The number of amides is 1. The van der Waals surface area contributed by atoms with E-state index in [4.69, 9.17) is 5.11 Å². The molecule has 0 atom stereocenters. The second-order valence-electron chi connectivity index (χ2n) is 6.76. The van der Waals surface area contributed by atoms with E-state index in [2.05, 4.69) is 41.0 Å². The summed E-state index contributed by atoms with van der Waals surface area (Å²) in [5.74, 6) is 0.303.